The molecule has 0 aliphatic rings. The highest BCUT2D eigenvalue weighted by molar-refractivity contribution is 7.99. The molecule has 3 aromatic rings. The van der Waals surface area contributed by atoms with Crippen LogP contribution in [0.2, 0.25) is 0 Å². The monoisotopic (exact) mass is 405 g/mol. The normalized spacial score (nSPS) is 11.1. The van der Waals surface area contributed by atoms with Gasteiger partial charge in [-0.15, -0.1) is 11.3 Å². The van der Waals surface area contributed by atoms with Crippen molar-refractivity contribution in [3.05, 3.63) is 56.4 Å². The number of carbonyl (C=O) groups is 1. The van der Waals surface area contributed by atoms with Gasteiger partial charge in [-0.3, -0.25) is 14.2 Å². The number of rotatable bonds is 6. The van der Waals surface area contributed by atoms with Crippen LogP contribution in [0, 0.1) is 19.7 Å². The van der Waals surface area contributed by atoms with E-state index in [9.17, 15) is 14.0 Å². The van der Waals surface area contributed by atoms with Gasteiger partial charge in [-0.1, -0.05) is 23.9 Å². The van der Waals surface area contributed by atoms with E-state index in [0.717, 1.165) is 16.0 Å². The number of thiophene rings is 1. The van der Waals surface area contributed by atoms with Crippen molar-refractivity contribution in [1.82, 2.24) is 14.9 Å². The van der Waals surface area contributed by atoms with Crippen LogP contribution >= 0.6 is 23.1 Å². The second kappa shape index (κ2) is 8.22. The minimum Gasteiger partial charge on any atom is -0.351 e. The molecule has 0 spiro atoms. The van der Waals surface area contributed by atoms with Crippen molar-refractivity contribution in [3.8, 4) is 0 Å². The van der Waals surface area contributed by atoms with E-state index in [2.05, 4.69) is 10.3 Å². The third-order valence-electron chi connectivity index (χ3n) is 4.31. The molecular weight excluding hydrogens is 385 g/mol. The van der Waals surface area contributed by atoms with Crippen LogP contribution in [0.4, 0.5) is 4.39 Å². The topological polar surface area (TPSA) is 64.0 Å². The molecule has 0 saturated heterocycles. The first-order chi connectivity index (χ1) is 12.9. The van der Waals surface area contributed by atoms with Gasteiger partial charge in [-0.05, 0) is 44.0 Å². The molecule has 1 amide bonds. The first-order valence-corrected chi connectivity index (χ1v) is 10.4. The van der Waals surface area contributed by atoms with Crippen molar-refractivity contribution in [2.75, 3.05) is 5.75 Å². The molecule has 0 bridgehead atoms. The molecule has 0 aliphatic carbocycles. The Hall–Kier alpha value is -2.19. The Morgan fingerprint density at radius 3 is 2.67 bits per heavy atom. The van der Waals surface area contributed by atoms with Gasteiger partial charge in [-0.2, -0.15) is 0 Å². The highest BCUT2D eigenvalue weighted by Crippen LogP contribution is 2.28. The SMILES string of the molecule is CCn1c(SCC(=O)NCc2ccc(F)cc2)nc2sc(C)c(C)c2c1=O. The quantitative estimate of drug-likeness (QED) is 0.502. The zero-order chi connectivity index (χ0) is 19.6. The Bertz CT molecular complexity index is 1040. The maximum Gasteiger partial charge on any atom is 0.263 e. The van der Waals surface area contributed by atoms with Gasteiger partial charge < -0.3 is 5.32 Å². The molecule has 0 atom stereocenters. The minimum atomic E-state index is -0.307. The molecule has 0 aliphatic heterocycles. The van der Waals surface area contributed by atoms with Crippen LogP contribution in [0.25, 0.3) is 10.2 Å². The van der Waals surface area contributed by atoms with Crippen LogP contribution in [0.5, 0.6) is 0 Å². The number of nitrogens with one attached hydrogen (secondary N) is 1. The van der Waals surface area contributed by atoms with Crippen LogP contribution in [-0.4, -0.2) is 21.2 Å². The number of nitrogens with zero attached hydrogens (tertiary/aromatic N) is 2. The molecule has 3 rings (SSSR count). The van der Waals surface area contributed by atoms with E-state index >= 15 is 0 Å². The van der Waals surface area contributed by atoms with Gasteiger partial charge in [0.05, 0.1) is 11.1 Å². The summed E-state index contributed by atoms with van der Waals surface area (Å²) >= 11 is 2.75. The number of thioether (sulfide) groups is 1. The highest BCUT2D eigenvalue weighted by Gasteiger charge is 2.16. The second-order valence-electron chi connectivity index (χ2n) is 6.10. The number of aromatic nitrogens is 2. The summed E-state index contributed by atoms with van der Waals surface area (Å²) in [5, 5.41) is 4.02. The highest BCUT2D eigenvalue weighted by atomic mass is 32.2. The van der Waals surface area contributed by atoms with Crippen molar-refractivity contribution in [2.24, 2.45) is 0 Å². The van der Waals surface area contributed by atoms with Crippen LogP contribution in [0.3, 0.4) is 0 Å². The van der Waals surface area contributed by atoms with Gasteiger partial charge in [-0.25, -0.2) is 9.37 Å². The Balaban J connectivity index is 1.71. The third kappa shape index (κ3) is 4.22. The number of hydrogen-bond acceptors (Lipinski definition) is 5. The van der Waals surface area contributed by atoms with Crippen LogP contribution in [0.15, 0.2) is 34.2 Å². The molecule has 2 aromatic heterocycles. The third-order valence-corrected chi connectivity index (χ3v) is 6.38. The van der Waals surface area contributed by atoms with E-state index in [1.165, 1.54) is 35.2 Å². The molecule has 142 valence electrons. The van der Waals surface area contributed by atoms with E-state index in [0.29, 0.717) is 28.5 Å². The molecule has 1 N–H and O–H groups in total. The maximum atomic E-state index is 12.9. The fraction of sp³-hybridized carbons (Fsp3) is 0.316. The molecule has 1 aromatic carbocycles. The van der Waals surface area contributed by atoms with Crippen molar-refractivity contribution in [1.29, 1.82) is 0 Å². The van der Waals surface area contributed by atoms with Crippen molar-refractivity contribution in [3.63, 3.8) is 0 Å². The predicted octanol–water partition coefficient (Wildman–Crippen LogP) is 3.64. The lowest BCUT2D eigenvalue weighted by Gasteiger charge is -2.10. The lowest BCUT2D eigenvalue weighted by molar-refractivity contribution is -0.118. The number of halogens is 1. The first kappa shape index (κ1) is 19.6. The number of amides is 1. The van der Waals surface area contributed by atoms with Gasteiger partial charge >= 0.3 is 0 Å². The number of carbonyl (C=O) groups excluding carboxylic acids is 1. The summed E-state index contributed by atoms with van der Waals surface area (Å²) in [6, 6.07) is 5.99. The molecule has 0 radical (unpaired) electrons. The molecule has 27 heavy (non-hydrogen) atoms. The lowest BCUT2D eigenvalue weighted by Crippen LogP contribution is -2.26. The number of fused-ring (bicyclic) bond motifs is 1. The van der Waals surface area contributed by atoms with Gasteiger partial charge in [0.15, 0.2) is 5.16 Å². The molecule has 0 unspecified atom stereocenters. The summed E-state index contributed by atoms with van der Waals surface area (Å²) in [4.78, 5) is 31.3. The second-order valence-corrected chi connectivity index (χ2v) is 8.24. The van der Waals surface area contributed by atoms with E-state index in [4.69, 9.17) is 0 Å². The number of hydrogen-bond donors (Lipinski definition) is 1. The fourth-order valence-corrected chi connectivity index (χ4v) is 4.65. The summed E-state index contributed by atoms with van der Waals surface area (Å²) in [5.74, 6) is -0.318. The Morgan fingerprint density at radius 2 is 2.00 bits per heavy atom. The van der Waals surface area contributed by atoms with E-state index < -0.39 is 0 Å². The minimum absolute atomic E-state index is 0.0569. The van der Waals surface area contributed by atoms with Crippen molar-refractivity contribution < 1.29 is 9.18 Å². The summed E-state index contributed by atoms with van der Waals surface area (Å²) in [7, 11) is 0. The summed E-state index contributed by atoms with van der Waals surface area (Å²) in [6.45, 7) is 6.63. The number of benzene rings is 1. The standard InChI is InChI=1S/C19H20FN3O2S2/c1-4-23-18(25)16-11(2)12(3)27-17(16)22-19(23)26-10-15(24)21-9-13-5-7-14(20)8-6-13/h5-8H,4,9-10H2,1-3H3,(H,21,24). The maximum absolute atomic E-state index is 12.9. The van der Waals surface area contributed by atoms with Crippen molar-refractivity contribution in [2.45, 2.75) is 39.0 Å². The molecule has 2 heterocycles. The predicted molar refractivity (Wildman–Crippen MR) is 108 cm³/mol. The fourth-order valence-electron chi connectivity index (χ4n) is 2.68. The summed E-state index contributed by atoms with van der Waals surface area (Å²) < 4.78 is 14.5. The Morgan fingerprint density at radius 1 is 1.30 bits per heavy atom. The van der Waals surface area contributed by atoms with Gasteiger partial charge in [0.2, 0.25) is 5.91 Å². The van der Waals surface area contributed by atoms with E-state index in [-0.39, 0.29) is 23.0 Å². The molecule has 0 fully saturated rings. The smallest absolute Gasteiger partial charge is 0.263 e. The average molecular weight is 406 g/mol. The summed E-state index contributed by atoms with van der Waals surface area (Å²) in [5.41, 5.74) is 1.74. The first-order valence-electron chi connectivity index (χ1n) is 8.55. The Kier molecular flexibility index (Phi) is 5.96. The number of aryl methyl sites for hydroxylation is 2. The van der Waals surface area contributed by atoms with Crippen molar-refractivity contribution >= 4 is 39.2 Å². The zero-order valence-electron chi connectivity index (χ0n) is 15.3. The van der Waals surface area contributed by atoms with E-state index in [1.54, 1.807) is 16.7 Å². The van der Waals surface area contributed by atoms with Gasteiger partial charge in [0.25, 0.3) is 5.56 Å². The summed E-state index contributed by atoms with van der Waals surface area (Å²) in [6.07, 6.45) is 0. The molecule has 0 saturated carbocycles. The van der Waals surface area contributed by atoms with E-state index in [1.807, 2.05) is 20.8 Å². The molecular formula is C19H20FN3O2S2. The molecule has 8 heteroatoms. The average Bonchev–Trinajstić information content (AvgIpc) is 2.93. The van der Waals surface area contributed by atoms with Gasteiger partial charge in [0, 0.05) is 18.0 Å². The van der Waals surface area contributed by atoms with Crippen LogP contribution in [-0.2, 0) is 17.9 Å². The lowest BCUT2D eigenvalue weighted by atomic mass is 10.2. The zero-order valence-corrected chi connectivity index (χ0v) is 17.0. The van der Waals surface area contributed by atoms with Crippen LogP contribution < -0.4 is 10.9 Å². The van der Waals surface area contributed by atoms with Gasteiger partial charge in [0.1, 0.15) is 10.6 Å². The Labute approximate surface area is 164 Å². The largest absolute Gasteiger partial charge is 0.351 e. The molecule has 5 nitrogen and oxygen atoms in total. The van der Waals surface area contributed by atoms with Crippen LogP contribution in [0.1, 0.15) is 22.9 Å².